The molecule has 0 radical (unpaired) electrons. The highest BCUT2D eigenvalue weighted by atomic mass is 32.3. The molecule has 3 aromatic rings. The highest BCUT2D eigenvalue weighted by Gasteiger charge is 2.51. The first-order chi connectivity index (χ1) is 16.1. The van der Waals surface area contributed by atoms with Crippen LogP contribution in [0, 0.1) is 11.2 Å². The lowest BCUT2D eigenvalue weighted by Gasteiger charge is -2.49. The van der Waals surface area contributed by atoms with Gasteiger partial charge in [0.05, 0.1) is 22.5 Å². The van der Waals surface area contributed by atoms with Crippen molar-refractivity contribution >= 4 is 21.7 Å². The van der Waals surface area contributed by atoms with Crippen molar-refractivity contribution in [3.8, 4) is 28.3 Å². The molecule has 1 saturated heterocycles. The fraction of sp³-hybridized carbons (Fsp3) is 0.385. The second-order valence-electron chi connectivity index (χ2n) is 9.79. The Labute approximate surface area is 200 Å². The van der Waals surface area contributed by atoms with Crippen molar-refractivity contribution in [1.29, 1.82) is 0 Å². The van der Waals surface area contributed by atoms with Gasteiger partial charge in [0.2, 0.25) is 0 Å². The van der Waals surface area contributed by atoms with Crippen LogP contribution in [0.15, 0.2) is 35.3 Å². The molecule has 0 saturated carbocycles. The predicted octanol–water partition coefficient (Wildman–Crippen LogP) is 4.59. The van der Waals surface area contributed by atoms with Gasteiger partial charge in [-0.25, -0.2) is 9.97 Å². The summed E-state index contributed by atoms with van der Waals surface area (Å²) in [7, 11) is -0.984. The number of fused-ring (bicyclic) bond motifs is 5. The van der Waals surface area contributed by atoms with E-state index < -0.39 is 15.6 Å². The molecule has 7 nitrogen and oxygen atoms in total. The lowest BCUT2D eigenvalue weighted by atomic mass is 9.81. The van der Waals surface area contributed by atoms with Crippen molar-refractivity contribution in [3.63, 3.8) is 0 Å². The predicted molar refractivity (Wildman–Crippen MR) is 134 cm³/mol. The molecule has 1 fully saturated rings. The Bertz CT molecular complexity index is 1380. The van der Waals surface area contributed by atoms with E-state index in [4.69, 9.17) is 4.42 Å². The van der Waals surface area contributed by atoms with Gasteiger partial charge in [0.15, 0.2) is 23.6 Å². The van der Waals surface area contributed by atoms with Gasteiger partial charge in [-0.1, -0.05) is 12.8 Å². The van der Waals surface area contributed by atoms with Crippen LogP contribution in [-0.4, -0.2) is 56.4 Å². The SMILES string of the molecule is CCCC(=O)c1ncoc1-c1ncn2c1[C@]1(C)CCN1C(=O)c1cc(C#CS(C)(C)C)ccc1-2. The van der Waals surface area contributed by atoms with Gasteiger partial charge < -0.3 is 9.32 Å². The minimum Gasteiger partial charge on any atom is -0.441 e. The maximum Gasteiger partial charge on any atom is 0.256 e. The largest absolute Gasteiger partial charge is 0.441 e. The lowest BCUT2D eigenvalue weighted by molar-refractivity contribution is 0.00333. The summed E-state index contributed by atoms with van der Waals surface area (Å²) < 4.78 is 7.67. The quantitative estimate of drug-likeness (QED) is 0.406. The van der Waals surface area contributed by atoms with Gasteiger partial charge in [-0.3, -0.25) is 14.2 Å². The number of Topliss-reactive ketones (excluding diaryl/α,β-unsaturated/α-hetero) is 1. The number of nitrogens with zero attached hydrogens (tertiary/aromatic N) is 4. The molecule has 2 aliphatic rings. The van der Waals surface area contributed by atoms with E-state index in [9.17, 15) is 9.59 Å². The maximum absolute atomic E-state index is 13.6. The van der Waals surface area contributed by atoms with Gasteiger partial charge in [0.25, 0.3) is 5.91 Å². The van der Waals surface area contributed by atoms with Crippen LogP contribution in [-0.2, 0) is 5.54 Å². The van der Waals surface area contributed by atoms with E-state index in [1.54, 1.807) is 6.33 Å². The van der Waals surface area contributed by atoms with E-state index in [0.717, 1.165) is 29.8 Å². The van der Waals surface area contributed by atoms with Gasteiger partial charge in [0.1, 0.15) is 12.0 Å². The highest BCUT2D eigenvalue weighted by Crippen LogP contribution is 2.48. The van der Waals surface area contributed by atoms with Crippen LogP contribution in [0.2, 0.25) is 0 Å². The van der Waals surface area contributed by atoms with Crippen LogP contribution in [0.3, 0.4) is 0 Å². The first kappa shape index (κ1) is 22.5. The van der Waals surface area contributed by atoms with Gasteiger partial charge in [0, 0.05) is 18.5 Å². The Kier molecular flexibility index (Phi) is 5.21. The minimum atomic E-state index is -0.984. The molecule has 2 aliphatic heterocycles. The number of imidazole rings is 1. The van der Waals surface area contributed by atoms with Gasteiger partial charge in [-0.15, -0.1) is 0 Å². The Hall–Kier alpha value is -3.31. The highest BCUT2D eigenvalue weighted by molar-refractivity contribution is 8.35. The number of amides is 1. The fourth-order valence-electron chi connectivity index (χ4n) is 4.65. The van der Waals surface area contributed by atoms with Crippen molar-refractivity contribution in [2.75, 3.05) is 25.3 Å². The number of aromatic nitrogens is 3. The average Bonchev–Trinajstić information content (AvgIpc) is 3.42. The van der Waals surface area contributed by atoms with E-state index in [0.29, 0.717) is 35.7 Å². The molecule has 8 heteroatoms. The van der Waals surface area contributed by atoms with Crippen LogP contribution in [0.5, 0.6) is 0 Å². The van der Waals surface area contributed by atoms with Crippen molar-refractivity contribution in [2.24, 2.45) is 0 Å². The number of hydrogen-bond donors (Lipinski definition) is 0. The third kappa shape index (κ3) is 3.46. The molecule has 1 atom stereocenters. The molecule has 0 aliphatic carbocycles. The Morgan fingerprint density at radius 2 is 2.06 bits per heavy atom. The minimum absolute atomic E-state index is 0.0231. The van der Waals surface area contributed by atoms with Crippen LogP contribution in [0.4, 0.5) is 0 Å². The van der Waals surface area contributed by atoms with E-state index in [1.165, 1.54) is 6.39 Å². The molecule has 1 aromatic carbocycles. The van der Waals surface area contributed by atoms with Crippen molar-refractivity contribution in [1.82, 2.24) is 19.4 Å². The standard InChI is InChI=1S/C26H28N4O3S/c1-6-7-20(31)21-23(33-16-28-21)22-24-26(2)11-12-30(26)25(32)18-14-17(10-13-34(3,4)5)8-9-19(18)29(24)15-27-22/h8-9,14-16H,6-7,11-12H2,1-5H3/t26-/m0/s1. The Morgan fingerprint density at radius 1 is 1.26 bits per heavy atom. The molecular formula is C26H28N4O3S. The van der Waals surface area contributed by atoms with Crippen molar-refractivity contribution in [2.45, 2.75) is 38.6 Å². The van der Waals surface area contributed by atoms with Crippen LogP contribution >= 0.6 is 10.0 Å². The molecule has 0 N–H and O–H groups in total. The first-order valence-electron chi connectivity index (χ1n) is 11.4. The van der Waals surface area contributed by atoms with Crippen LogP contribution < -0.4 is 0 Å². The van der Waals surface area contributed by atoms with E-state index >= 15 is 0 Å². The van der Waals surface area contributed by atoms with Crippen molar-refractivity contribution < 1.29 is 14.0 Å². The number of carbonyl (C=O) groups excluding carboxylic acids is 2. The molecule has 0 unspecified atom stereocenters. The first-order valence-corrected chi connectivity index (χ1v) is 14.2. The summed E-state index contributed by atoms with van der Waals surface area (Å²) >= 11 is 0. The van der Waals surface area contributed by atoms with Crippen LogP contribution in [0.25, 0.3) is 17.1 Å². The number of oxazole rings is 1. The number of rotatable bonds is 4. The monoisotopic (exact) mass is 476 g/mol. The second-order valence-corrected chi connectivity index (χ2v) is 13.7. The molecule has 34 heavy (non-hydrogen) atoms. The summed E-state index contributed by atoms with van der Waals surface area (Å²) in [6.45, 7) is 4.65. The summed E-state index contributed by atoms with van der Waals surface area (Å²) in [4.78, 5) is 37.1. The second kappa shape index (κ2) is 7.88. The number of hydrogen-bond acceptors (Lipinski definition) is 5. The molecule has 2 aromatic heterocycles. The zero-order valence-corrected chi connectivity index (χ0v) is 21.0. The van der Waals surface area contributed by atoms with E-state index in [1.807, 2.05) is 41.5 Å². The molecule has 4 heterocycles. The summed E-state index contributed by atoms with van der Waals surface area (Å²) in [6.07, 6.45) is 11.3. The molecule has 176 valence electrons. The summed E-state index contributed by atoms with van der Waals surface area (Å²) in [6, 6.07) is 5.76. The van der Waals surface area contributed by atoms with E-state index in [2.05, 4.69) is 39.9 Å². The smallest absolute Gasteiger partial charge is 0.256 e. The summed E-state index contributed by atoms with van der Waals surface area (Å²) in [5.41, 5.74) is 3.30. The van der Waals surface area contributed by atoms with Gasteiger partial charge in [-0.05, 0) is 62.0 Å². The third-order valence-electron chi connectivity index (χ3n) is 6.45. The van der Waals surface area contributed by atoms with Gasteiger partial charge >= 0.3 is 0 Å². The van der Waals surface area contributed by atoms with Crippen molar-refractivity contribution in [3.05, 3.63) is 53.4 Å². The summed E-state index contributed by atoms with van der Waals surface area (Å²) in [5, 5.41) is 3.32. The molecule has 0 spiro atoms. The van der Waals surface area contributed by atoms with E-state index in [-0.39, 0.29) is 11.7 Å². The number of benzene rings is 1. The molecule has 5 rings (SSSR count). The average molecular weight is 477 g/mol. The number of ketones is 1. The Balaban J connectivity index is 1.69. The third-order valence-corrected chi connectivity index (χ3v) is 7.17. The lowest BCUT2D eigenvalue weighted by Crippen LogP contribution is -2.57. The summed E-state index contributed by atoms with van der Waals surface area (Å²) in [5.74, 6) is 3.52. The number of carbonyl (C=O) groups is 2. The Morgan fingerprint density at radius 3 is 2.74 bits per heavy atom. The van der Waals surface area contributed by atoms with Crippen LogP contribution in [0.1, 0.15) is 65.2 Å². The van der Waals surface area contributed by atoms with Gasteiger partial charge in [-0.2, -0.15) is 10.0 Å². The molecular weight excluding hydrogens is 448 g/mol. The molecule has 1 amide bonds. The zero-order chi connectivity index (χ0) is 24.3. The topological polar surface area (TPSA) is 81.2 Å². The fourth-order valence-corrected chi connectivity index (χ4v) is 5.08. The maximum atomic E-state index is 13.6. The zero-order valence-electron chi connectivity index (χ0n) is 20.1. The molecule has 0 bridgehead atoms. The normalized spacial score (nSPS) is 19.2.